The molecule has 5 heteroatoms. The molecule has 1 heterocycles. The minimum absolute atomic E-state index is 0.129. The number of hydrogen-bond acceptors (Lipinski definition) is 5. The van der Waals surface area contributed by atoms with Gasteiger partial charge in [0.1, 0.15) is 12.4 Å². The fourth-order valence-corrected chi connectivity index (χ4v) is 2.09. The van der Waals surface area contributed by atoms with E-state index in [0.29, 0.717) is 6.61 Å². The van der Waals surface area contributed by atoms with E-state index in [9.17, 15) is 9.90 Å². The second-order valence-electron chi connectivity index (χ2n) is 4.72. The first kappa shape index (κ1) is 12.0. The van der Waals surface area contributed by atoms with Gasteiger partial charge in [0, 0.05) is 6.04 Å². The highest BCUT2D eigenvalue weighted by atomic mass is 16.5. The second kappa shape index (κ2) is 5.23. The molecule has 0 unspecified atom stereocenters. The van der Waals surface area contributed by atoms with Crippen LogP contribution in [-0.2, 0) is 9.53 Å². The molecule has 0 aromatic carbocycles. The summed E-state index contributed by atoms with van der Waals surface area (Å²) in [5.74, 6) is 0.240. The van der Waals surface area contributed by atoms with Crippen molar-refractivity contribution in [2.45, 2.75) is 31.1 Å². The van der Waals surface area contributed by atoms with Gasteiger partial charge in [0.05, 0.1) is 25.2 Å². The molecule has 5 nitrogen and oxygen atoms in total. The first-order chi connectivity index (χ1) is 7.76. The molecule has 2 aliphatic rings. The Morgan fingerprint density at radius 3 is 2.75 bits per heavy atom. The minimum Gasteiger partial charge on any atom is -0.394 e. The van der Waals surface area contributed by atoms with Crippen LogP contribution in [-0.4, -0.2) is 54.5 Å². The number of ether oxygens (including phenoxy) is 1. The quantitative estimate of drug-likeness (QED) is 0.523. The third-order valence-corrected chi connectivity index (χ3v) is 3.43. The van der Waals surface area contributed by atoms with E-state index in [0.717, 1.165) is 18.7 Å². The molecule has 92 valence electrons. The van der Waals surface area contributed by atoms with Crippen LogP contribution in [0.15, 0.2) is 0 Å². The molecule has 1 aliphatic heterocycles. The summed E-state index contributed by atoms with van der Waals surface area (Å²) in [5, 5.41) is 22.1. The Morgan fingerprint density at radius 1 is 1.44 bits per heavy atom. The predicted molar refractivity (Wildman–Crippen MR) is 56.9 cm³/mol. The Kier molecular flexibility index (Phi) is 3.91. The van der Waals surface area contributed by atoms with Gasteiger partial charge in [0.2, 0.25) is 0 Å². The summed E-state index contributed by atoms with van der Waals surface area (Å²) < 4.78 is 5.32. The van der Waals surface area contributed by atoms with Crippen LogP contribution in [0.5, 0.6) is 0 Å². The number of aldehydes is 1. The van der Waals surface area contributed by atoms with Gasteiger partial charge in [-0.1, -0.05) is 0 Å². The van der Waals surface area contributed by atoms with Crippen LogP contribution in [0, 0.1) is 11.8 Å². The maximum absolute atomic E-state index is 11.0. The molecular weight excluding hydrogens is 210 g/mol. The van der Waals surface area contributed by atoms with Gasteiger partial charge in [-0.2, -0.15) is 0 Å². The topological polar surface area (TPSA) is 78.8 Å². The molecule has 1 aliphatic carbocycles. The molecule has 4 atom stereocenters. The lowest BCUT2D eigenvalue weighted by molar-refractivity contribution is -0.147. The first-order valence-electron chi connectivity index (χ1n) is 5.85. The van der Waals surface area contributed by atoms with Crippen molar-refractivity contribution in [2.24, 2.45) is 11.8 Å². The zero-order chi connectivity index (χ0) is 11.5. The summed E-state index contributed by atoms with van der Waals surface area (Å²) in [4.78, 5) is 11.0. The standard InChI is InChI=1S/C11H19NO4/c13-4-8-9(12-3-7-1-2-7)6-16-10(5-14)11(8)15/h4,7-12,14-15H,1-3,5-6H2/t8-,9+,10-,11-/m1/s1. The van der Waals surface area contributed by atoms with Crippen molar-refractivity contribution in [1.82, 2.24) is 5.32 Å². The lowest BCUT2D eigenvalue weighted by atomic mass is 9.89. The average molecular weight is 229 g/mol. The highest BCUT2D eigenvalue weighted by Gasteiger charge is 2.39. The zero-order valence-electron chi connectivity index (χ0n) is 9.21. The molecule has 16 heavy (non-hydrogen) atoms. The normalized spacial score (nSPS) is 39.6. The Hall–Kier alpha value is -0.490. The van der Waals surface area contributed by atoms with E-state index < -0.39 is 18.1 Å². The highest BCUT2D eigenvalue weighted by Crippen LogP contribution is 2.28. The maximum Gasteiger partial charge on any atom is 0.127 e. The summed E-state index contributed by atoms with van der Waals surface area (Å²) >= 11 is 0. The zero-order valence-corrected chi connectivity index (χ0v) is 9.21. The Morgan fingerprint density at radius 2 is 2.19 bits per heavy atom. The van der Waals surface area contributed by atoms with Gasteiger partial charge in [-0.15, -0.1) is 0 Å². The average Bonchev–Trinajstić information content (AvgIpc) is 3.10. The predicted octanol–water partition coefficient (Wildman–Crippen LogP) is -1.08. The van der Waals surface area contributed by atoms with Crippen LogP contribution < -0.4 is 5.32 Å². The highest BCUT2D eigenvalue weighted by molar-refractivity contribution is 5.56. The van der Waals surface area contributed by atoms with E-state index in [4.69, 9.17) is 9.84 Å². The molecule has 2 fully saturated rings. The van der Waals surface area contributed by atoms with Crippen molar-refractivity contribution in [3.63, 3.8) is 0 Å². The van der Waals surface area contributed by atoms with E-state index in [1.165, 1.54) is 12.8 Å². The van der Waals surface area contributed by atoms with Gasteiger partial charge in [0.25, 0.3) is 0 Å². The Labute approximate surface area is 94.8 Å². The number of nitrogens with one attached hydrogen (secondary N) is 1. The smallest absolute Gasteiger partial charge is 0.127 e. The molecule has 1 saturated heterocycles. The second-order valence-corrected chi connectivity index (χ2v) is 4.72. The van der Waals surface area contributed by atoms with Gasteiger partial charge in [-0.05, 0) is 25.3 Å². The molecule has 3 N–H and O–H groups in total. The number of carbonyl (C=O) groups excluding carboxylic acids is 1. The Balaban J connectivity index is 1.88. The number of hydrogen-bond donors (Lipinski definition) is 3. The lowest BCUT2D eigenvalue weighted by Crippen LogP contribution is -2.56. The van der Waals surface area contributed by atoms with Crippen molar-refractivity contribution in [3.05, 3.63) is 0 Å². The molecule has 0 bridgehead atoms. The van der Waals surface area contributed by atoms with Gasteiger partial charge in [-0.3, -0.25) is 0 Å². The number of aliphatic hydroxyl groups is 2. The molecular formula is C11H19NO4. The lowest BCUT2D eigenvalue weighted by Gasteiger charge is -2.37. The van der Waals surface area contributed by atoms with E-state index >= 15 is 0 Å². The third kappa shape index (κ3) is 2.60. The molecule has 1 saturated carbocycles. The fraction of sp³-hybridized carbons (Fsp3) is 0.909. The molecule has 0 aromatic heterocycles. The van der Waals surface area contributed by atoms with Gasteiger partial charge in [0.15, 0.2) is 0 Å². The number of aliphatic hydroxyl groups excluding tert-OH is 2. The summed E-state index contributed by atoms with van der Waals surface area (Å²) in [5.41, 5.74) is 0. The van der Waals surface area contributed by atoms with Crippen LogP contribution >= 0.6 is 0 Å². The SMILES string of the molecule is O=C[C@H]1[C@@H](O)[C@@H](CO)OC[C@@H]1NCC1CC1. The molecule has 0 radical (unpaired) electrons. The van der Waals surface area contributed by atoms with Crippen molar-refractivity contribution in [1.29, 1.82) is 0 Å². The summed E-state index contributed by atoms with van der Waals surface area (Å²) in [6.07, 6.45) is 1.71. The van der Waals surface area contributed by atoms with Crippen molar-refractivity contribution in [2.75, 3.05) is 19.8 Å². The maximum atomic E-state index is 11.0. The largest absolute Gasteiger partial charge is 0.394 e. The van der Waals surface area contributed by atoms with Gasteiger partial charge >= 0.3 is 0 Å². The third-order valence-electron chi connectivity index (χ3n) is 3.43. The van der Waals surface area contributed by atoms with Crippen LogP contribution in [0.1, 0.15) is 12.8 Å². The molecule has 0 aromatic rings. The van der Waals surface area contributed by atoms with E-state index in [2.05, 4.69) is 5.32 Å². The number of carbonyl (C=O) groups is 1. The van der Waals surface area contributed by atoms with Crippen LogP contribution in [0.2, 0.25) is 0 Å². The fourth-order valence-electron chi connectivity index (χ4n) is 2.09. The Bertz CT molecular complexity index is 244. The number of rotatable bonds is 5. The first-order valence-corrected chi connectivity index (χ1v) is 5.85. The molecule has 2 rings (SSSR count). The monoisotopic (exact) mass is 229 g/mol. The van der Waals surface area contributed by atoms with E-state index in [1.807, 2.05) is 0 Å². The van der Waals surface area contributed by atoms with Crippen LogP contribution in [0.4, 0.5) is 0 Å². The van der Waals surface area contributed by atoms with Crippen LogP contribution in [0.25, 0.3) is 0 Å². The summed E-state index contributed by atoms with van der Waals surface area (Å²) in [6.45, 7) is 1.01. The van der Waals surface area contributed by atoms with Crippen molar-refractivity contribution in [3.8, 4) is 0 Å². The van der Waals surface area contributed by atoms with Gasteiger partial charge in [-0.25, -0.2) is 0 Å². The van der Waals surface area contributed by atoms with Crippen LogP contribution in [0.3, 0.4) is 0 Å². The van der Waals surface area contributed by atoms with Crippen molar-refractivity contribution < 1.29 is 19.7 Å². The van der Waals surface area contributed by atoms with Gasteiger partial charge < -0.3 is 25.1 Å². The van der Waals surface area contributed by atoms with E-state index in [-0.39, 0.29) is 12.6 Å². The van der Waals surface area contributed by atoms with E-state index in [1.54, 1.807) is 0 Å². The molecule has 0 spiro atoms. The summed E-state index contributed by atoms with van der Waals surface area (Å²) in [6, 6.07) is -0.129. The minimum atomic E-state index is -0.909. The van der Waals surface area contributed by atoms with Crippen molar-refractivity contribution >= 4 is 6.29 Å². The summed E-state index contributed by atoms with van der Waals surface area (Å²) in [7, 11) is 0. The molecule has 0 amide bonds.